The van der Waals surface area contributed by atoms with Crippen molar-refractivity contribution in [1.82, 2.24) is 5.32 Å². The summed E-state index contributed by atoms with van der Waals surface area (Å²) in [5, 5.41) is 2.83. The smallest absolute Gasteiger partial charge is 0.265 e. The average molecular weight is 225 g/mol. The fourth-order valence-electron chi connectivity index (χ4n) is 2.02. The van der Waals surface area contributed by atoms with Gasteiger partial charge in [-0.15, -0.1) is 0 Å². The van der Waals surface area contributed by atoms with Crippen LogP contribution in [-0.4, -0.2) is 30.6 Å². The number of hydrogen-bond acceptors (Lipinski definition) is 3. The summed E-state index contributed by atoms with van der Waals surface area (Å²) in [5.74, 6) is -0.765. The molecule has 0 bridgehead atoms. The Morgan fingerprint density at radius 2 is 1.94 bits per heavy atom. The van der Waals surface area contributed by atoms with Gasteiger partial charge in [-0.1, -0.05) is 12.8 Å². The van der Waals surface area contributed by atoms with E-state index < -0.39 is 0 Å². The molecule has 0 aromatic heterocycles. The Labute approximate surface area is 95.5 Å². The Bertz CT molecular complexity index is 312. The van der Waals surface area contributed by atoms with Crippen LogP contribution in [0.4, 0.5) is 0 Å². The van der Waals surface area contributed by atoms with Crippen LogP contribution >= 0.6 is 0 Å². The summed E-state index contributed by atoms with van der Waals surface area (Å²) in [5.41, 5.74) is 5.75. The van der Waals surface area contributed by atoms with Gasteiger partial charge in [-0.25, -0.2) is 0 Å². The average Bonchev–Trinajstić information content (AvgIpc) is 2.28. The van der Waals surface area contributed by atoms with Gasteiger partial charge in [-0.3, -0.25) is 14.6 Å². The van der Waals surface area contributed by atoms with Gasteiger partial charge in [0.1, 0.15) is 0 Å². The predicted octanol–water partition coefficient (Wildman–Crippen LogP) is 0.237. The van der Waals surface area contributed by atoms with Crippen molar-refractivity contribution in [2.75, 3.05) is 7.05 Å². The molecule has 2 amide bonds. The van der Waals surface area contributed by atoms with Crippen molar-refractivity contribution < 1.29 is 9.59 Å². The van der Waals surface area contributed by atoms with Crippen LogP contribution < -0.4 is 11.1 Å². The topological polar surface area (TPSA) is 84.6 Å². The molecular formula is C11H19N3O2. The number of hydrogen-bond donors (Lipinski definition) is 2. The first-order valence-corrected chi connectivity index (χ1v) is 5.59. The van der Waals surface area contributed by atoms with Gasteiger partial charge in [-0.2, -0.15) is 0 Å². The first-order valence-electron chi connectivity index (χ1n) is 5.59. The third kappa shape index (κ3) is 3.05. The summed E-state index contributed by atoms with van der Waals surface area (Å²) < 4.78 is 0. The number of primary amides is 1. The summed E-state index contributed by atoms with van der Waals surface area (Å²) in [6.45, 7) is 1.65. The van der Waals surface area contributed by atoms with Crippen molar-refractivity contribution in [3.63, 3.8) is 0 Å². The van der Waals surface area contributed by atoms with E-state index in [0.29, 0.717) is 5.71 Å². The zero-order chi connectivity index (χ0) is 12.1. The molecule has 0 heterocycles. The Morgan fingerprint density at radius 3 is 2.50 bits per heavy atom. The summed E-state index contributed by atoms with van der Waals surface area (Å²) in [6, 6.07) is -0.129. The third-order valence-electron chi connectivity index (χ3n) is 3.11. The van der Waals surface area contributed by atoms with Crippen molar-refractivity contribution in [3.8, 4) is 0 Å². The van der Waals surface area contributed by atoms with Gasteiger partial charge in [0.15, 0.2) is 0 Å². The lowest BCUT2D eigenvalue weighted by atomic mass is 9.84. The summed E-state index contributed by atoms with van der Waals surface area (Å²) in [7, 11) is 1.57. The Balaban J connectivity index is 2.63. The highest BCUT2D eigenvalue weighted by Crippen LogP contribution is 2.24. The number of aliphatic imine (C=N–C) groups is 1. The van der Waals surface area contributed by atoms with E-state index in [1.165, 1.54) is 0 Å². The SMILES string of the molecule is CN=C(C)C(=O)NC1CCCCC1C(N)=O. The third-order valence-corrected chi connectivity index (χ3v) is 3.11. The normalized spacial score (nSPS) is 26.2. The van der Waals surface area contributed by atoms with E-state index in [1.807, 2.05) is 0 Å². The second-order valence-electron chi connectivity index (χ2n) is 4.18. The van der Waals surface area contributed by atoms with Crippen molar-refractivity contribution >= 4 is 17.5 Å². The van der Waals surface area contributed by atoms with E-state index in [1.54, 1.807) is 14.0 Å². The Kier molecular flexibility index (Phi) is 4.46. The molecular weight excluding hydrogens is 206 g/mol. The van der Waals surface area contributed by atoms with Crippen molar-refractivity contribution in [2.24, 2.45) is 16.6 Å². The van der Waals surface area contributed by atoms with Crippen LogP contribution in [-0.2, 0) is 9.59 Å². The molecule has 5 heteroatoms. The minimum absolute atomic E-state index is 0.129. The molecule has 0 spiro atoms. The van der Waals surface area contributed by atoms with Crippen molar-refractivity contribution in [2.45, 2.75) is 38.6 Å². The molecule has 1 aliphatic carbocycles. The molecule has 2 unspecified atom stereocenters. The monoisotopic (exact) mass is 225 g/mol. The van der Waals surface area contributed by atoms with Crippen LogP contribution in [0.2, 0.25) is 0 Å². The van der Waals surface area contributed by atoms with Gasteiger partial charge in [0.25, 0.3) is 5.91 Å². The zero-order valence-corrected chi connectivity index (χ0v) is 9.82. The highest BCUT2D eigenvalue weighted by atomic mass is 16.2. The Morgan fingerprint density at radius 1 is 1.31 bits per heavy atom. The largest absolute Gasteiger partial charge is 0.369 e. The van der Waals surface area contributed by atoms with Gasteiger partial charge < -0.3 is 11.1 Å². The van der Waals surface area contributed by atoms with Crippen LogP contribution in [0.3, 0.4) is 0 Å². The number of nitrogens with two attached hydrogens (primary N) is 1. The van der Waals surface area contributed by atoms with Gasteiger partial charge in [0, 0.05) is 13.1 Å². The second kappa shape index (κ2) is 5.63. The number of nitrogens with zero attached hydrogens (tertiary/aromatic N) is 1. The number of amides is 2. The van der Waals surface area contributed by atoms with Gasteiger partial charge in [0.05, 0.1) is 11.6 Å². The Hall–Kier alpha value is -1.39. The van der Waals surface area contributed by atoms with Gasteiger partial charge in [0.2, 0.25) is 5.91 Å². The second-order valence-corrected chi connectivity index (χ2v) is 4.18. The highest BCUT2D eigenvalue weighted by Gasteiger charge is 2.30. The quantitative estimate of drug-likeness (QED) is 0.674. The fraction of sp³-hybridized carbons (Fsp3) is 0.727. The van der Waals surface area contributed by atoms with E-state index in [0.717, 1.165) is 25.7 Å². The molecule has 3 N–H and O–H groups in total. The van der Waals surface area contributed by atoms with Gasteiger partial charge in [-0.05, 0) is 19.8 Å². The van der Waals surface area contributed by atoms with E-state index in [4.69, 9.17) is 5.73 Å². The molecule has 1 aliphatic rings. The molecule has 0 aromatic rings. The molecule has 0 saturated heterocycles. The molecule has 5 nitrogen and oxygen atoms in total. The van der Waals surface area contributed by atoms with E-state index in [9.17, 15) is 9.59 Å². The highest BCUT2D eigenvalue weighted by molar-refractivity contribution is 6.37. The maximum absolute atomic E-state index is 11.6. The fourth-order valence-corrected chi connectivity index (χ4v) is 2.02. The number of carbonyl (C=O) groups excluding carboxylic acids is 2. The molecule has 0 aliphatic heterocycles. The minimum atomic E-state index is -0.323. The lowest BCUT2D eigenvalue weighted by molar-refractivity contribution is -0.124. The van der Waals surface area contributed by atoms with E-state index in [2.05, 4.69) is 10.3 Å². The molecule has 1 fully saturated rings. The first-order chi connectivity index (χ1) is 7.56. The minimum Gasteiger partial charge on any atom is -0.369 e. The molecule has 2 atom stereocenters. The lowest BCUT2D eigenvalue weighted by Gasteiger charge is -2.29. The van der Waals surface area contributed by atoms with Crippen molar-refractivity contribution in [1.29, 1.82) is 0 Å². The summed E-state index contributed by atoms with van der Waals surface area (Å²) >= 11 is 0. The van der Waals surface area contributed by atoms with Crippen LogP contribution in [0.15, 0.2) is 4.99 Å². The summed E-state index contributed by atoms with van der Waals surface area (Å²) in [4.78, 5) is 26.7. The molecule has 1 saturated carbocycles. The number of nitrogens with one attached hydrogen (secondary N) is 1. The number of rotatable bonds is 3. The molecule has 0 radical (unpaired) electrons. The molecule has 16 heavy (non-hydrogen) atoms. The van der Waals surface area contributed by atoms with Crippen LogP contribution in [0, 0.1) is 5.92 Å². The maximum atomic E-state index is 11.6. The van der Waals surface area contributed by atoms with Crippen molar-refractivity contribution in [3.05, 3.63) is 0 Å². The van der Waals surface area contributed by atoms with Gasteiger partial charge >= 0.3 is 0 Å². The predicted molar refractivity (Wildman–Crippen MR) is 62.1 cm³/mol. The zero-order valence-electron chi connectivity index (χ0n) is 9.82. The van der Waals surface area contributed by atoms with Crippen LogP contribution in [0.5, 0.6) is 0 Å². The molecule has 0 aromatic carbocycles. The molecule has 1 rings (SSSR count). The maximum Gasteiger partial charge on any atom is 0.265 e. The first kappa shape index (κ1) is 12.7. The standard InChI is InChI=1S/C11H19N3O2/c1-7(13-2)11(16)14-9-6-4-3-5-8(9)10(12)15/h8-9H,3-6H2,1-2H3,(H2,12,15)(H,14,16). The summed E-state index contributed by atoms with van der Waals surface area (Å²) in [6.07, 6.45) is 3.61. The van der Waals surface area contributed by atoms with Crippen LogP contribution in [0.1, 0.15) is 32.6 Å². The molecule has 90 valence electrons. The van der Waals surface area contributed by atoms with E-state index >= 15 is 0 Å². The van der Waals surface area contributed by atoms with E-state index in [-0.39, 0.29) is 23.8 Å². The van der Waals surface area contributed by atoms with Crippen LogP contribution in [0.25, 0.3) is 0 Å². The number of carbonyl (C=O) groups is 2. The lowest BCUT2D eigenvalue weighted by Crippen LogP contribution is -2.48.